The highest BCUT2D eigenvalue weighted by molar-refractivity contribution is 7.89. The predicted molar refractivity (Wildman–Crippen MR) is 72.8 cm³/mol. The summed E-state index contributed by atoms with van der Waals surface area (Å²) in [5.41, 5.74) is 0.954. The Bertz CT molecular complexity index is 502. The molecule has 1 rings (SSSR count). The molecule has 0 aromatic heterocycles. The van der Waals surface area contributed by atoms with Gasteiger partial charge in [0.05, 0.1) is 13.7 Å². The molecule has 0 bridgehead atoms. The molecule has 1 aromatic rings. The largest absolute Gasteiger partial charge is 0.495 e. The zero-order valence-electron chi connectivity index (χ0n) is 11.4. The molecule has 19 heavy (non-hydrogen) atoms. The minimum atomic E-state index is -3.58. The summed E-state index contributed by atoms with van der Waals surface area (Å²) in [6.07, 6.45) is 0. The highest BCUT2D eigenvalue weighted by Crippen LogP contribution is 2.24. The molecule has 0 aliphatic carbocycles. The highest BCUT2D eigenvalue weighted by Gasteiger charge is 2.19. The SMILES string of the molecule is CNCc1ccc(S(=O)(=O)NCCOC)c(OC)c1. The van der Waals surface area contributed by atoms with Crippen molar-refractivity contribution in [2.45, 2.75) is 11.4 Å². The molecule has 0 atom stereocenters. The number of nitrogens with one attached hydrogen (secondary N) is 2. The lowest BCUT2D eigenvalue weighted by Gasteiger charge is -2.12. The van der Waals surface area contributed by atoms with Gasteiger partial charge in [-0.3, -0.25) is 0 Å². The zero-order chi connectivity index (χ0) is 14.3. The van der Waals surface area contributed by atoms with Gasteiger partial charge in [0.15, 0.2) is 0 Å². The molecule has 1 aromatic carbocycles. The van der Waals surface area contributed by atoms with E-state index in [1.807, 2.05) is 7.05 Å². The zero-order valence-corrected chi connectivity index (χ0v) is 12.2. The lowest BCUT2D eigenvalue weighted by molar-refractivity contribution is 0.204. The molecule has 0 spiro atoms. The third-order valence-electron chi connectivity index (χ3n) is 2.50. The van der Waals surface area contributed by atoms with Gasteiger partial charge in [-0.15, -0.1) is 0 Å². The normalized spacial score (nSPS) is 11.5. The van der Waals surface area contributed by atoms with Crippen LogP contribution >= 0.6 is 0 Å². The van der Waals surface area contributed by atoms with Crippen LogP contribution in [0.5, 0.6) is 5.75 Å². The van der Waals surface area contributed by atoms with Crippen LogP contribution in [-0.2, 0) is 21.3 Å². The molecule has 0 amide bonds. The van der Waals surface area contributed by atoms with Crippen molar-refractivity contribution in [2.24, 2.45) is 0 Å². The molecule has 0 aliphatic heterocycles. The third-order valence-corrected chi connectivity index (χ3v) is 4.00. The van der Waals surface area contributed by atoms with E-state index in [0.717, 1.165) is 5.56 Å². The number of benzene rings is 1. The number of hydrogen-bond donors (Lipinski definition) is 2. The molecule has 7 heteroatoms. The second-order valence-electron chi connectivity index (χ2n) is 3.91. The first-order valence-corrected chi connectivity index (χ1v) is 7.33. The van der Waals surface area contributed by atoms with E-state index in [1.165, 1.54) is 14.2 Å². The van der Waals surface area contributed by atoms with Crippen molar-refractivity contribution in [3.05, 3.63) is 23.8 Å². The number of rotatable bonds is 8. The third kappa shape index (κ3) is 4.46. The Morgan fingerprint density at radius 1 is 1.26 bits per heavy atom. The van der Waals surface area contributed by atoms with Crippen molar-refractivity contribution in [1.82, 2.24) is 10.0 Å². The first kappa shape index (κ1) is 15.9. The van der Waals surface area contributed by atoms with Crippen LogP contribution in [0.2, 0.25) is 0 Å². The van der Waals surface area contributed by atoms with Crippen LogP contribution in [0.4, 0.5) is 0 Å². The Labute approximate surface area is 114 Å². The topological polar surface area (TPSA) is 76.7 Å². The first-order valence-electron chi connectivity index (χ1n) is 5.85. The molecule has 6 nitrogen and oxygen atoms in total. The van der Waals surface area contributed by atoms with E-state index in [4.69, 9.17) is 9.47 Å². The molecule has 0 aliphatic rings. The molecule has 0 saturated heterocycles. The molecule has 0 heterocycles. The smallest absolute Gasteiger partial charge is 0.244 e. The van der Waals surface area contributed by atoms with Crippen LogP contribution in [0.25, 0.3) is 0 Å². The molecule has 108 valence electrons. The van der Waals surface area contributed by atoms with Gasteiger partial charge in [0.2, 0.25) is 10.0 Å². The molecular formula is C12H20N2O4S. The van der Waals surface area contributed by atoms with Crippen LogP contribution in [0.3, 0.4) is 0 Å². The lowest BCUT2D eigenvalue weighted by atomic mass is 10.2. The monoisotopic (exact) mass is 288 g/mol. The second kappa shape index (κ2) is 7.44. The van der Waals surface area contributed by atoms with Crippen LogP contribution in [0.15, 0.2) is 23.1 Å². The summed E-state index contributed by atoms with van der Waals surface area (Å²) < 4.78 is 36.6. The Kier molecular flexibility index (Phi) is 6.23. The van der Waals surface area contributed by atoms with Crippen molar-refractivity contribution in [2.75, 3.05) is 34.4 Å². The van der Waals surface area contributed by atoms with Gasteiger partial charge in [0, 0.05) is 20.2 Å². The van der Waals surface area contributed by atoms with Gasteiger partial charge < -0.3 is 14.8 Å². The fraction of sp³-hybridized carbons (Fsp3) is 0.500. The number of ether oxygens (including phenoxy) is 2. The Balaban J connectivity index is 2.98. The standard InChI is InChI=1S/C12H20N2O4S/c1-13-9-10-4-5-12(11(8-10)18-3)19(15,16)14-6-7-17-2/h4-5,8,13-14H,6-7,9H2,1-3H3. The quantitative estimate of drug-likeness (QED) is 0.675. The van der Waals surface area contributed by atoms with Gasteiger partial charge in [-0.2, -0.15) is 0 Å². The minimum Gasteiger partial charge on any atom is -0.495 e. The van der Waals surface area contributed by atoms with E-state index in [2.05, 4.69) is 10.0 Å². The van der Waals surface area contributed by atoms with Gasteiger partial charge >= 0.3 is 0 Å². The average Bonchev–Trinajstić information content (AvgIpc) is 2.39. The van der Waals surface area contributed by atoms with Crippen LogP contribution in [0.1, 0.15) is 5.56 Å². The number of hydrogen-bond acceptors (Lipinski definition) is 5. The van der Waals surface area contributed by atoms with E-state index < -0.39 is 10.0 Å². The van der Waals surface area contributed by atoms with Crippen molar-refractivity contribution < 1.29 is 17.9 Å². The minimum absolute atomic E-state index is 0.131. The maximum atomic E-state index is 12.1. The van der Waals surface area contributed by atoms with Crippen LogP contribution in [-0.4, -0.2) is 42.8 Å². The molecule has 0 saturated carbocycles. The van der Waals surface area contributed by atoms with Gasteiger partial charge in [-0.05, 0) is 24.7 Å². The fourth-order valence-electron chi connectivity index (χ4n) is 1.60. The number of sulfonamides is 1. The predicted octanol–water partition coefficient (Wildman–Crippen LogP) is 0.339. The van der Waals surface area contributed by atoms with Gasteiger partial charge in [-0.25, -0.2) is 13.1 Å². The summed E-state index contributed by atoms with van der Waals surface area (Å²) in [6.45, 7) is 1.19. The van der Waals surface area contributed by atoms with Crippen LogP contribution in [0, 0.1) is 0 Å². The van der Waals surface area contributed by atoms with Crippen molar-refractivity contribution >= 4 is 10.0 Å². The molecule has 0 radical (unpaired) electrons. The summed E-state index contributed by atoms with van der Waals surface area (Å²) >= 11 is 0. The van der Waals surface area contributed by atoms with Gasteiger partial charge in [0.1, 0.15) is 10.6 Å². The maximum Gasteiger partial charge on any atom is 0.244 e. The second-order valence-corrected chi connectivity index (χ2v) is 5.64. The lowest BCUT2D eigenvalue weighted by Crippen LogP contribution is -2.27. The summed E-state index contributed by atoms with van der Waals surface area (Å²) in [4.78, 5) is 0.131. The summed E-state index contributed by atoms with van der Waals surface area (Å²) in [7, 11) is 1.21. The Morgan fingerprint density at radius 3 is 2.58 bits per heavy atom. The first-order chi connectivity index (χ1) is 9.05. The van der Waals surface area contributed by atoms with E-state index in [0.29, 0.717) is 18.9 Å². The van der Waals surface area contributed by atoms with Crippen molar-refractivity contribution in [3.63, 3.8) is 0 Å². The summed E-state index contributed by atoms with van der Waals surface area (Å²) in [5, 5.41) is 3.00. The average molecular weight is 288 g/mol. The van der Waals surface area contributed by atoms with Crippen LogP contribution < -0.4 is 14.8 Å². The van der Waals surface area contributed by atoms with Gasteiger partial charge in [-0.1, -0.05) is 6.07 Å². The summed E-state index contributed by atoms with van der Waals surface area (Å²) in [6, 6.07) is 5.01. The maximum absolute atomic E-state index is 12.1. The van der Waals surface area contributed by atoms with Gasteiger partial charge in [0.25, 0.3) is 0 Å². The molecular weight excluding hydrogens is 268 g/mol. The summed E-state index contributed by atoms with van der Waals surface area (Å²) in [5.74, 6) is 0.331. The number of methoxy groups -OCH3 is 2. The van der Waals surface area contributed by atoms with E-state index in [-0.39, 0.29) is 11.4 Å². The van der Waals surface area contributed by atoms with Crippen molar-refractivity contribution in [3.8, 4) is 5.75 Å². The molecule has 0 unspecified atom stereocenters. The highest BCUT2D eigenvalue weighted by atomic mass is 32.2. The molecule has 0 fully saturated rings. The Morgan fingerprint density at radius 2 is 2.00 bits per heavy atom. The fourth-order valence-corrected chi connectivity index (χ4v) is 2.77. The molecule has 2 N–H and O–H groups in total. The van der Waals surface area contributed by atoms with E-state index in [9.17, 15) is 8.42 Å². The van der Waals surface area contributed by atoms with E-state index >= 15 is 0 Å². The van der Waals surface area contributed by atoms with Crippen molar-refractivity contribution in [1.29, 1.82) is 0 Å². The Hall–Kier alpha value is -1.15. The van der Waals surface area contributed by atoms with E-state index in [1.54, 1.807) is 18.2 Å².